The first-order valence-electron chi connectivity index (χ1n) is 11.1. The lowest BCUT2D eigenvalue weighted by atomic mass is 9.92. The minimum Gasteiger partial charge on any atom is -0.328 e. The first-order chi connectivity index (χ1) is 15.2. The minimum absolute atomic E-state index is 0.349. The number of piperidine rings is 1. The average molecular weight is 413 g/mol. The molecule has 1 aliphatic rings. The lowest BCUT2D eigenvalue weighted by Gasteiger charge is -2.31. The highest BCUT2D eigenvalue weighted by molar-refractivity contribution is 5.90. The Balaban J connectivity index is 1.44. The van der Waals surface area contributed by atoms with Gasteiger partial charge < -0.3 is 4.57 Å². The molecule has 0 atom stereocenters. The van der Waals surface area contributed by atoms with Gasteiger partial charge in [0, 0.05) is 48.4 Å². The maximum absolute atomic E-state index is 5.13. The van der Waals surface area contributed by atoms with Gasteiger partial charge in [-0.15, -0.1) is 0 Å². The first kappa shape index (κ1) is 19.8. The number of rotatable bonds is 5. The van der Waals surface area contributed by atoms with Gasteiger partial charge in [0.1, 0.15) is 5.52 Å². The summed E-state index contributed by atoms with van der Waals surface area (Å²) in [7, 11) is 0. The van der Waals surface area contributed by atoms with Crippen LogP contribution in [0.2, 0.25) is 0 Å². The van der Waals surface area contributed by atoms with Gasteiger partial charge in [0.2, 0.25) is 0 Å². The molecular formula is C25H28N6. The zero-order chi connectivity index (χ0) is 21.2. The molecule has 0 N–H and O–H groups in total. The molecule has 1 aliphatic heterocycles. The van der Waals surface area contributed by atoms with Gasteiger partial charge in [-0.2, -0.15) is 0 Å². The Bertz CT molecular complexity index is 1140. The summed E-state index contributed by atoms with van der Waals surface area (Å²) in [5.41, 5.74) is 6.39. The molecule has 0 spiro atoms. The topological polar surface area (TPSA) is 59.7 Å². The van der Waals surface area contributed by atoms with E-state index in [1.54, 1.807) is 6.20 Å². The van der Waals surface area contributed by atoms with E-state index in [1.807, 2.05) is 30.9 Å². The van der Waals surface area contributed by atoms with E-state index in [9.17, 15) is 0 Å². The second kappa shape index (κ2) is 8.55. The van der Waals surface area contributed by atoms with Crippen LogP contribution in [-0.4, -0.2) is 42.5 Å². The summed E-state index contributed by atoms with van der Waals surface area (Å²) in [4.78, 5) is 21.1. The standard InChI is InChI=1S/C25H28N6/c1-18(2)31-17-28-25-23(31)14-22(29-24(25)20-6-5-10-26-15-20)19-8-12-30(13-9-19)16-21-7-3-4-11-27-21/h3-7,10-11,14-15,17-19H,8-9,12-13,16H2,1-2H3. The van der Waals surface area contributed by atoms with Crippen LogP contribution in [0.1, 0.15) is 50.0 Å². The number of pyridine rings is 3. The second-order valence-electron chi connectivity index (χ2n) is 8.62. The third-order valence-corrected chi connectivity index (χ3v) is 6.19. The van der Waals surface area contributed by atoms with E-state index in [-0.39, 0.29) is 0 Å². The molecule has 5 rings (SSSR count). The smallest absolute Gasteiger partial charge is 0.115 e. The number of aromatic nitrogens is 5. The number of hydrogen-bond donors (Lipinski definition) is 0. The number of nitrogens with zero attached hydrogens (tertiary/aromatic N) is 6. The third kappa shape index (κ3) is 4.08. The van der Waals surface area contributed by atoms with Crippen LogP contribution in [0.4, 0.5) is 0 Å². The van der Waals surface area contributed by atoms with Gasteiger partial charge in [-0.05, 0) is 70.1 Å². The molecule has 0 unspecified atom stereocenters. The van der Waals surface area contributed by atoms with Crippen LogP contribution in [0, 0.1) is 0 Å². The quantitative estimate of drug-likeness (QED) is 0.469. The SMILES string of the molecule is CC(C)n1cnc2c(-c3cccnc3)nc(C3CCN(Cc4ccccn4)CC3)cc21. The average Bonchev–Trinajstić information content (AvgIpc) is 3.25. The highest BCUT2D eigenvalue weighted by Gasteiger charge is 2.24. The lowest BCUT2D eigenvalue weighted by molar-refractivity contribution is 0.201. The number of likely N-dealkylation sites (tertiary alicyclic amines) is 1. The van der Waals surface area contributed by atoms with Crippen LogP contribution < -0.4 is 0 Å². The van der Waals surface area contributed by atoms with Crippen LogP contribution in [0.3, 0.4) is 0 Å². The fourth-order valence-corrected chi connectivity index (χ4v) is 4.48. The molecule has 1 fully saturated rings. The minimum atomic E-state index is 0.349. The molecule has 6 nitrogen and oxygen atoms in total. The van der Waals surface area contributed by atoms with Gasteiger partial charge >= 0.3 is 0 Å². The summed E-state index contributed by atoms with van der Waals surface area (Å²) in [6.07, 6.45) is 9.71. The van der Waals surface area contributed by atoms with Crippen molar-refractivity contribution in [2.45, 2.75) is 45.2 Å². The molecule has 158 valence electrons. The summed E-state index contributed by atoms with van der Waals surface area (Å²) in [6.45, 7) is 7.43. The van der Waals surface area contributed by atoms with E-state index in [2.05, 4.69) is 57.5 Å². The molecule has 0 radical (unpaired) electrons. The Hall–Kier alpha value is -3.12. The molecule has 0 aromatic carbocycles. The summed E-state index contributed by atoms with van der Waals surface area (Å²) in [5.74, 6) is 0.454. The molecular weight excluding hydrogens is 384 g/mol. The highest BCUT2D eigenvalue weighted by Crippen LogP contribution is 2.34. The lowest BCUT2D eigenvalue weighted by Crippen LogP contribution is -2.33. The molecule has 0 aliphatic carbocycles. The van der Waals surface area contributed by atoms with Gasteiger partial charge in [-0.1, -0.05) is 6.07 Å². The van der Waals surface area contributed by atoms with Crippen LogP contribution in [-0.2, 0) is 6.54 Å². The van der Waals surface area contributed by atoms with E-state index in [0.717, 1.165) is 60.5 Å². The highest BCUT2D eigenvalue weighted by atomic mass is 15.1. The molecule has 0 saturated carbocycles. The fraction of sp³-hybridized carbons (Fsp3) is 0.360. The van der Waals surface area contributed by atoms with Crippen molar-refractivity contribution in [2.75, 3.05) is 13.1 Å². The van der Waals surface area contributed by atoms with Crippen molar-refractivity contribution < 1.29 is 0 Å². The van der Waals surface area contributed by atoms with Crippen LogP contribution in [0.5, 0.6) is 0 Å². The zero-order valence-corrected chi connectivity index (χ0v) is 18.1. The van der Waals surface area contributed by atoms with E-state index < -0.39 is 0 Å². The number of hydrogen-bond acceptors (Lipinski definition) is 5. The molecule has 6 heteroatoms. The number of fused-ring (bicyclic) bond motifs is 1. The Morgan fingerprint density at radius 2 is 1.90 bits per heavy atom. The predicted molar refractivity (Wildman–Crippen MR) is 123 cm³/mol. The normalized spacial score (nSPS) is 15.7. The maximum Gasteiger partial charge on any atom is 0.115 e. The van der Waals surface area contributed by atoms with Crippen LogP contribution in [0.15, 0.2) is 61.3 Å². The van der Waals surface area contributed by atoms with Gasteiger partial charge in [0.15, 0.2) is 0 Å². The van der Waals surface area contributed by atoms with Crippen molar-refractivity contribution in [1.29, 1.82) is 0 Å². The molecule has 4 aromatic heterocycles. The summed E-state index contributed by atoms with van der Waals surface area (Å²) >= 11 is 0. The zero-order valence-electron chi connectivity index (χ0n) is 18.1. The van der Waals surface area contributed by atoms with Crippen molar-refractivity contribution in [2.24, 2.45) is 0 Å². The Labute approximate surface area is 183 Å². The molecule has 31 heavy (non-hydrogen) atoms. The van der Waals surface area contributed by atoms with Gasteiger partial charge in [-0.3, -0.25) is 19.9 Å². The van der Waals surface area contributed by atoms with E-state index >= 15 is 0 Å². The molecule has 4 aromatic rings. The molecule has 5 heterocycles. The van der Waals surface area contributed by atoms with Crippen molar-refractivity contribution in [3.05, 3.63) is 72.7 Å². The largest absolute Gasteiger partial charge is 0.328 e. The predicted octanol–water partition coefficient (Wildman–Crippen LogP) is 4.85. The number of imidazole rings is 1. The van der Waals surface area contributed by atoms with Crippen molar-refractivity contribution in [3.8, 4) is 11.3 Å². The molecule has 0 amide bonds. The summed E-state index contributed by atoms with van der Waals surface area (Å²) < 4.78 is 2.25. The second-order valence-corrected chi connectivity index (χ2v) is 8.62. The van der Waals surface area contributed by atoms with Gasteiger partial charge in [-0.25, -0.2) is 4.98 Å². The monoisotopic (exact) mass is 412 g/mol. The fourth-order valence-electron chi connectivity index (χ4n) is 4.48. The maximum atomic E-state index is 5.13. The Morgan fingerprint density at radius 1 is 1.03 bits per heavy atom. The van der Waals surface area contributed by atoms with Gasteiger partial charge in [0.05, 0.1) is 23.2 Å². The van der Waals surface area contributed by atoms with E-state index in [1.165, 1.54) is 5.69 Å². The van der Waals surface area contributed by atoms with E-state index in [4.69, 9.17) is 9.97 Å². The van der Waals surface area contributed by atoms with Crippen LogP contribution >= 0.6 is 0 Å². The van der Waals surface area contributed by atoms with Crippen molar-refractivity contribution in [1.82, 2.24) is 29.4 Å². The first-order valence-corrected chi connectivity index (χ1v) is 11.1. The van der Waals surface area contributed by atoms with Gasteiger partial charge in [0.25, 0.3) is 0 Å². The van der Waals surface area contributed by atoms with Crippen molar-refractivity contribution >= 4 is 11.0 Å². The molecule has 0 bridgehead atoms. The molecule has 1 saturated heterocycles. The Kier molecular flexibility index (Phi) is 5.47. The van der Waals surface area contributed by atoms with Crippen molar-refractivity contribution in [3.63, 3.8) is 0 Å². The summed E-state index contributed by atoms with van der Waals surface area (Å²) in [6, 6.07) is 12.8. The Morgan fingerprint density at radius 3 is 2.61 bits per heavy atom. The third-order valence-electron chi connectivity index (χ3n) is 6.19. The summed E-state index contributed by atoms with van der Waals surface area (Å²) in [5, 5.41) is 0. The van der Waals surface area contributed by atoms with E-state index in [0.29, 0.717) is 12.0 Å². The van der Waals surface area contributed by atoms with Crippen LogP contribution in [0.25, 0.3) is 22.3 Å².